The van der Waals surface area contributed by atoms with Crippen molar-refractivity contribution in [3.05, 3.63) is 89.5 Å². The van der Waals surface area contributed by atoms with Crippen LogP contribution in [0.1, 0.15) is 19.4 Å². The van der Waals surface area contributed by atoms with Crippen LogP contribution < -0.4 is 5.32 Å². The van der Waals surface area contributed by atoms with Crippen LogP contribution in [0, 0.1) is 5.82 Å². The number of hydrogen-bond donors (Lipinski definition) is 2. The summed E-state index contributed by atoms with van der Waals surface area (Å²) in [6.07, 6.45) is 10.2. The van der Waals surface area contributed by atoms with Crippen molar-refractivity contribution in [2.75, 3.05) is 12.3 Å². The zero-order chi connectivity index (χ0) is 24.5. The molecule has 3 heterocycles. The molecule has 7 nitrogen and oxygen atoms in total. The lowest BCUT2D eigenvalue weighted by atomic mass is 9.94. The van der Waals surface area contributed by atoms with Crippen molar-refractivity contribution in [2.45, 2.75) is 38.0 Å². The first-order valence-corrected chi connectivity index (χ1v) is 12.7. The number of sulfone groups is 1. The van der Waals surface area contributed by atoms with E-state index in [9.17, 15) is 22.7 Å². The molecule has 1 aromatic heterocycles. The summed E-state index contributed by atoms with van der Waals surface area (Å²) in [4.78, 5) is 14.8. The highest BCUT2D eigenvalue weighted by Crippen LogP contribution is 2.22. The minimum Gasteiger partial charge on any atom is -0.388 e. The molecule has 0 aliphatic carbocycles. The number of hydrogen-bond acceptors (Lipinski definition) is 5. The highest BCUT2D eigenvalue weighted by molar-refractivity contribution is 7.94. The fraction of sp³-hybridized carbons (Fsp3) is 0.320. The summed E-state index contributed by atoms with van der Waals surface area (Å²) in [5.74, 6) is -1.10. The van der Waals surface area contributed by atoms with Crippen LogP contribution in [0.2, 0.25) is 0 Å². The van der Waals surface area contributed by atoms with Crippen LogP contribution in [0.25, 0.3) is 5.69 Å². The molecule has 2 aliphatic rings. The number of amides is 1. The van der Waals surface area contributed by atoms with E-state index < -0.39 is 27.3 Å². The summed E-state index contributed by atoms with van der Waals surface area (Å²) >= 11 is 0. The van der Waals surface area contributed by atoms with E-state index in [0.29, 0.717) is 5.69 Å². The molecular weight excluding hydrogens is 457 g/mol. The van der Waals surface area contributed by atoms with Gasteiger partial charge in [-0.15, -0.1) is 0 Å². The quantitative estimate of drug-likeness (QED) is 0.629. The number of aromatic nitrogens is 1. The van der Waals surface area contributed by atoms with Crippen LogP contribution >= 0.6 is 0 Å². The predicted octanol–water partition coefficient (Wildman–Crippen LogP) is 2.48. The van der Waals surface area contributed by atoms with Crippen molar-refractivity contribution in [3.8, 4) is 5.69 Å². The van der Waals surface area contributed by atoms with Crippen molar-refractivity contribution in [2.24, 2.45) is 0 Å². The average molecular weight is 486 g/mol. The zero-order valence-corrected chi connectivity index (χ0v) is 19.9. The summed E-state index contributed by atoms with van der Waals surface area (Å²) in [5.41, 5.74) is 0.592. The van der Waals surface area contributed by atoms with Gasteiger partial charge in [0.1, 0.15) is 5.82 Å². The molecule has 1 amide bonds. The smallest absolute Gasteiger partial charge is 0.227 e. The Kier molecular flexibility index (Phi) is 6.51. The Morgan fingerprint density at radius 3 is 2.65 bits per heavy atom. The lowest BCUT2D eigenvalue weighted by Crippen LogP contribution is -2.46. The lowest BCUT2D eigenvalue weighted by Gasteiger charge is -2.33. The molecule has 0 fully saturated rings. The van der Waals surface area contributed by atoms with Gasteiger partial charge in [-0.3, -0.25) is 4.79 Å². The third-order valence-electron chi connectivity index (χ3n) is 5.98. The van der Waals surface area contributed by atoms with Crippen LogP contribution in [-0.2, 0) is 21.1 Å². The van der Waals surface area contributed by atoms with Crippen LogP contribution in [0.3, 0.4) is 0 Å². The molecule has 0 spiro atoms. The highest BCUT2D eigenvalue weighted by Gasteiger charge is 2.32. The van der Waals surface area contributed by atoms with E-state index in [1.54, 1.807) is 55.2 Å². The van der Waals surface area contributed by atoms with Gasteiger partial charge < -0.3 is 19.9 Å². The Labute approximate surface area is 198 Å². The fourth-order valence-electron chi connectivity index (χ4n) is 4.04. The molecule has 34 heavy (non-hydrogen) atoms. The van der Waals surface area contributed by atoms with Crippen molar-refractivity contribution in [1.29, 1.82) is 0 Å². The normalized spacial score (nSPS) is 21.2. The van der Waals surface area contributed by atoms with Gasteiger partial charge >= 0.3 is 0 Å². The molecule has 180 valence electrons. The summed E-state index contributed by atoms with van der Waals surface area (Å²) < 4.78 is 40.7. The van der Waals surface area contributed by atoms with Gasteiger partial charge in [-0.1, -0.05) is 12.1 Å². The van der Waals surface area contributed by atoms with E-state index in [0.717, 1.165) is 11.0 Å². The lowest BCUT2D eigenvalue weighted by molar-refractivity contribution is -0.131. The van der Waals surface area contributed by atoms with Crippen LogP contribution in [0.4, 0.5) is 4.39 Å². The van der Waals surface area contributed by atoms with Crippen molar-refractivity contribution < 1.29 is 22.7 Å². The molecule has 9 heteroatoms. The van der Waals surface area contributed by atoms with Crippen molar-refractivity contribution >= 4 is 15.7 Å². The molecule has 0 radical (unpaired) electrons. The fourth-order valence-corrected chi connectivity index (χ4v) is 5.34. The second kappa shape index (κ2) is 9.23. The number of nitrogens with zero attached hydrogens (tertiary/aromatic N) is 2. The van der Waals surface area contributed by atoms with E-state index in [1.165, 1.54) is 17.0 Å². The van der Waals surface area contributed by atoms with Crippen molar-refractivity contribution in [3.63, 3.8) is 0 Å². The number of carbonyl (C=O) groups is 1. The van der Waals surface area contributed by atoms with Crippen LogP contribution in [0.15, 0.2) is 78.1 Å². The minimum atomic E-state index is -3.40. The monoisotopic (exact) mass is 485 g/mol. The first-order chi connectivity index (χ1) is 16.0. The summed E-state index contributed by atoms with van der Waals surface area (Å²) in [6, 6.07) is 7.35. The number of dihydropyridines is 1. The molecule has 1 unspecified atom stereocenters. The van der Waals surface area contributed by atoms with E-state index in [2.05, 4.69) is 5.32 Å². The standard InChI is InChI=1S/C25H28FN3O4S/c1-25(2,31)23-13-18(7-9-27-23)16-29(21-8-12-34(32,33)17-21)24(30)14-19-5-6-20(15-22(19)26)28-10-3-4-11-28/h3-13,15,21,23,27,31H,14,16-17H2,1-2H3/t21-,23?/m0/s1. The predicted molar refractivity (Wildman–Crippen MR) is 128 cm³/mol. The largest absolute Gasteiger partial charge is 0.388 e. The topological polar surface area (TPSA) is 91.6 Å². The van der Waals surface area contributed by atoms with Gasteiger partial charge in [0.05, 0.1) is 29.9 Å². The van der Waals surface area contributed by atoms with Crippen LogP contribution in [0.5, 0.6) is 0 Å². The number of benzene rings is 1. The molecule has 0 bridgehead atoms. The molecule has 4 rings (SSSR count). The maximum Gasteiger partial charge on any atom is 0.227 e. The SMILES string of the molecule is CC(C)(O)C1C=C(CN(C(=O)Cc2ccc(-n3cccc3)cc2F)[C@H]2C=CS(=O)(=O)C2)C=CN1. The first-order valence-electron chi connectivity index (χ1n) is 11.0. The van der Waals surface area contributed by atoms with Gasteiger partial charge in [0.15, 0.2) is 9.84 Å². The number of rotatable bonds is 7. The Morgan fingerprint density at radius 1 is 1.29 bits per heavy atom. The van der Waals surface area contributed by atoms with Gasteiger partial charge in [-0.2, -0.15) is 0 Å². The Hall–Kier alpha value is -3.17. The first kappa shape index (κ1) is 24.0. The highest BCUT2D eigenvalue weighted by atomic mass is 32.2. The molecular formula is C25H28FN3O4S. The Balaban J connectivity index is 1.57. The molecule has 2 aromatic rings. The van der Waals surface area contributed by atoms with Gasteiger partial charge in [-0.05, 0) is 67.6 Å². The maximum atomic E-state index is 14.9. The molecule has 2 atom stereocenters. The second-order valence-corrected chi connectivity index (χ2v) is 11.1. The van der Waals surface area contributed by atoms with E-state index in [-0.39, 0.29) is 36.2 Å². The van der Waals surface area contributed by atoms with Gasteiger partial charge in [0.25, 0.3) is 0 Å². The van der Waals surface area contributed by atoms with E-state index >= 15 is 0 Å². The van der Waals surface area contributed by atoms with Crippen LogP contribution in [-0.4, -0.2) is 58.9 Å². The molecule has 1 aromatic carbocycles. The van der Waals surface area contributed by atoms with Crippen molar-refractivity contribution in [1.82, 2.24) is 14.8 Å². The summed E-state index contributed by atoms with van der Waals surface area (Å²) in [7, 11) is -3.40. The number of nitrogens with one attached hydrogen (secondary N) is 1. The Morgan fingerprint density at radius 2 is 2.03 bits per heavy atom. The second-order valence-electron chi connectivity index (χ2n) is 9.16. The van der Waals surface area contributed by atoms with Gasteiger partial charge in [-0.25, -0.2) is 12.8 Å². The summed E-state index contributed by atoms with van der Waals surface area (Å²) in [5, 5.41) is 14.5. The summed E-state index contributed by atoms with van der Waals surface area (Å²) in [6.45, 7) is 3.48. The molecule has 0 saturated heterocycles. The van der Waals surface area contributed by atoms with E-state index in [4.69, 9.17) is 0 Å². The molecule has 2 N–H and O–H groups in total. The third-order valence-corrected chi connectivity index (χ3v) is 7.36. The zero-order valence-electron chi connectivity index (χ0n) is 19.1. The average Bonchev–Trinajstić information content (AvgIpc) is 3.42. The number of halogens is 1. The maximum absolute atomic E-state index is 14.9. The Bertz CT molecular complexity index is 1260. The third kappa shape index (κ3) is 5.48. The number of carbonyl (C=O) groups excluding carboxylic acids is 1. The van der Waals surface area contributed by atoms with E-state index in [1.807, 2.05) is 18.2 Å². The molecule has 2 aliphatic heterocycles. The van der Waals surface area contributed by atoms with Gasteiger partial charge in [0.2, 0.25) is 5.91 Å². The molecule has 0 saturated carbocycles. The minimum absolute atomic E-state index is 0.136. The van der Waals surface area contributed by atoms with Gasteiger partial charge in [0, 0.05) is 30.0 Å². The number of aliphatic hydroxyl groups is 1.